The summed E-state index contributed by atoms with van der Waals surface area (Å²) in [7, 11) is 0. The van der Waals surface area contributed by atoms with Gasteiger partial charge in [0.25, 0.3) is 0 Å². The third kappa shape index (κ3) is 3.88. The lowest BCUT2D eigenvalue weighted by Gasteiger charge is -2.24. The molecule has 0 fully saturated rings. The molecule has 4 heteroatoms. The van der Waals surface area contributed by atoms with Crippen molar-refractivity contribution in [3.8, 4) is 22.3 Å². The van der Waals surface area contributed by atoms with Crippen molar-refractivity contribution in [2.45, 2.75) is 19.3 Å². The maximum atomic E-state index is 8.98. The smallest absolute Gasteiger partial charge is 0.116 e. The van der Waals surface area contributed by atoms with E-state index >= 15 is 0 Å². The van der Waals surface area contributed by atoms with Gasteiger partial charge in [0.05, 0.1) is 11.4 Å². The van der Waals surface area contributed by atoms with E-state index in [0.29, 0.717) is 11.4 Å². The van der Waals surface area contributed by atoms with Crippen LogP contribution < -0.4 is 5.43 Å². The van der Waals surface area contributed by atoms with E-state index in [1.807, 2.05) is 48.7 Å². The van der Waals surface area contributed by atoms with Crippen molar-refractivity contribution >= 4 is 22.7 Å². The summed E-state index contributed by atoms with van der Waals surface area (Å²) in [5.41, 5.74) is 16.6. The number of nitrogens with zero attached hydrogens (tertiary/aromatic N) is 2. The van der Waals surface area contributed by atoms with Crippen LogP contribution in [0.15, 0.2) is 127 Å². The van der Waals surface area contributed by atoms with Crippen molar-refractivity contribution in [2.24, 2.45) is 5.10 Å². The first-order valence-corrected chi connectivity index (χ1v) is 13.5. The van der Waals surface area contributed by atoms with Crippen LogP contribution in [0.2, 0.25) is 0 Å². The Hall–Kier alpha value is -5.09. The number of hydrazone groups is 1. The minimum absolute atomic E-state index is 0.0783. The molecule has 2 N–H and O–H groups in total. The predicted octanol–water partition coefficient (Wildman–Crippen LogP) is 8.34. The zero-order chi connectivity index (χ0) is 27.3. The van der Waals surface area contributed by atoms with E-state index in [1.165, 1.54) is 22.3 Å². The minimum Gasteiger partial charge on any atom is -0.299 e. The molecule has 2 aliphatic carbocycles. The Morgan fingerprint density at radius 3 is 2.25 bits per heavy atom. The monoisotopic (exact) mass is 516 g/mol. The minimum atomic E-state index is -0.0783. The molecule has 0 unspecified atom stereocenters. The van der Waals surface area contributed by atoms with Crippen LogP contribution in [-0.4, -0.2) is 16.4 Å². The second-order valence-electron chi connectivity index (χ2n) is 10.8. The predicted molar refractivity (Wildman–Crippen MR) is 165 cm³/mol. The quantitative estimate of drug-likeness (QED) is 0.236. The van der Waals surface area contributed by atoms with Gasteiger partial charge < -0.3 is 0 Å². The number of allylic oxidation sites excluding steroid dienone is 1. The fraction of sp³-hybridized carbons (Fsp3) is 0.0833. The summed E-state index contributed by atoms with van der Waals surface area (Å²) in [6, 6.07) is 35.7. The molecule has 192 valence electrons. The third-order valence-corrected chi connectivity index (χ3v) is 8.06. The van der Waals surface area contributed by atoms with Gasteiger partial charge in [-0.05, 0) is 74.9 Å². The first-order valence-electron chi connectivity index (χ1n) is 13.5. The molecule has 0 atom stereocenters. The van der Waals surface area contributed by atoms with Gasteiger partial charge in [-0.15, -0.1) is 0 Å². The van der Waals surface area contributed by atoms with Gasteiger partial charge in [-0.3, -0.25) is 15.8 Å². The molecule has 40 heavy (non-hydrogen) atoms. The van der Waals surface area contributed by atoms with Crippen molar-refractivity contribution in [1.82, 2.24) is 4.98 Å². The van der Waals surface area contributed by atoms with Gasteiger partial charge in [0, 0.05) is 28.9 Å². The standard InChI is InChI=1S/C36H28N4/c1-36(2)32-15-6-5-13-28(32)29-17-16-24(20-33(29)36)31-21-34(37)35(30-14-4-3-12-27(30)31)40-39-26-11-7-9-23(19-26)25-10-8-18-38-22-25/h3-22,37,39H,1-2H3. The highest BCUT2D eigenvalue weighted by atomic mass is 15.3. The topological polar surface area (TPSA) is 61.1 Å². The Labute approximate surface area is 234 Å². The third-order valence-electron chi connectivity index (χ3n) is 8.06. The van der Waals surface area contributed by atoms with Crippen LogP contribution in [0.4, 0.5) is 5.69 Å². The SMILES string of the molecule is CC1(C)c2ccccc2-c2ccc(C3=CC(=N)C(=NNc4cccc(-c5cccnc5)c4)c4ccccc43)cc21. The lowest BCUT2D eigenvalue weighted by atomic mass is 9.80. The van der Waals surface area contributed by atoms with E-state index < -0.39 is 0 Å². The van der Waals surface area contributed by atoms with Crippen LogP contribution in [-0.2, 0) is 5.41 Å². The fourth-order valence-electron chi connectivity index (χ4n) is 6.01. The van der Waals surface area contributed by atoms with Crippen molar-refractivity contribution < 1.29 is 0 Å². The molecular weight excluding hydrogens is 488 g/mol. The number of nitrogens with one attached hydrogen (secondary N) is 2. The number of hydrogen-bond donors (Lipinski definition) is 2. The summed E-state index contributed by atoms with van der Waals surface area (Å²) in [5.74, 6) is 0. The highest BCUT2D eigenvalue weighted by Gasteiger charge is 2.35. The Balaban J connectivity index is 1.25. The number of rotatable bonds is 4. The summed E-state index contributed by atoms with van der Waals surface area (Å²) in [4.78, 5) is 4.23. The van der Waals surface area contributed by atoms with Gasteiger partial charge in [0.15, 0.2) is 0 Å². The highest BCUT2D eigenvalue weighted by molar-refractivity contribution is 6.54. The number of benzene rings is 4. The number of fused-ring (bicyclic) bond motifs is 4. The molecule has 2 aliphatic rings. The molecule has 7 rings (SSSR count). The van der Waals surface area contributed by atoms with E-state index in [9.17, 15) is 0 Å². The molecule has 0 spiro atoms. The molecule has 1 heterocycles. The number of hydrogen-bond acceptors (Lipinski definition) is 4. The summed E-state index contributed by atoms with van der Waals surface area (Å²) in [5, 5.41) is 13.7. The highest BCUT2D eigenvalue weighted by Crippen LogP contribution is 2.49. The van der Waals surface area contributed by atoms with Crippen molar-refractivity contribution in [3.05, 3.63) is 149 Å². The molecule has 4 aromatic carbocycles. The van der Waals surface area contributed by atoms with Crippen LogP contribution in [0.1, 0.15) is 41.7 Å². The van der Waals surface area contributed by atoms with E-state index in [4.69, 9.17) is 10.5 Å². The largest absolute Gasteiger partial charge is 0.299 e. The zero-order valence-electron chi connectivity index (χ0n) is 22.4. The molecule has 0 saturated carbocycles. The van der Waals surface area contributed by atoms with Crippen LogP contribution in [0.25, 0.3) is 27.8 Å². The maximum Gasteiger partial charge on any atom is 0.116 e. The molecular formula is C36H28N4. The number of pyridine rings is 1. The lowest BCUT2D eigenvalue weighted by Crippen LogP contribution is -2.21. The van der Waals surface area contributed by atoms with Crippen LogP contribution in [0, 0.1) is 5.41 Å². The van der Waals surface area contributed by atoms with Gasteiger partial charge in [-0.1, -0.05) is 92.7 Å². The Morgan fingerprint density at radius 1 is 0.675 bits per heavy atom. The molecule has 5 aromatic rings. The van der Waals surface area contributed by atoms with Crippen LogP contribution in [0.3, 0.4) is 0 Å². The van der Waals surface area contributed by atoms with Crippen molar-refractivity contribution in [3.63, 3.8) is 0 Å². The number of aromatic nitrogens is 1. The summed E-state index contributed by atoms with van der Waals surface area (Å²) in [6.45, 7) is 4.60. The molecule has 4 nitrogen and oxygen atoms in total. The molecule has 1 aromatic heterocycles. The molecule has 0 bridgehead atoms. The Morgan fingerprint density at radius 2 is 1.43 bits per heavy atom. The van der Waals surface area contributed by atoms with E-state index in [1.54, 1.807) is 6.20 Å². The second-order valence-corrected chi connectivity index (χ2v) is 10.8. The van der Waals surface area contributed by atoms with E-state index in [2.05, 4.69) is 91.0 Å². The second kappa shape index (κ2) is 9.28. The van der Waals surface area contributed by atoms with Crippen LogP contribution in [0.5, 0.6) is 0 Å². The fourth-order valence-corrected chi connectivity index (χ4v) is 6.01. The van der Waals surface area contributed by atoms with Gasteiger partial charge in [-0.25, -0.2) is 0 Å². The first-order chi connectivity index (χ1) is 19.5. The van der Waals surface area contributed by atoms with Crippen molar-refractivity contribution in [1.29, 1.82) is 5.41 Å². The molecule has 0 radical (unpaired) electrons. The van der Waals surface area contributed by atoms with E-state index in [-0.39, 0.29) is 5.41 Å². The summed E-state index contributed by atoms with van der Waals surface area (Å²) >= 11 is 0. The normalized spacial score (nSPS) is 15.7. The van der Waals surface area contributed by atoms with Gasteiger partial charge in [0.1, 0.15) is 5.71 Å². The first kappa shape index (κ1) is 24.0. The average molecular weight is 517 g/mol. The number of anilines is 1. The van der Waals surface area contributed by atoms with E-state index in [0.717, 1.165) is 39.1 Å². The zero-order valence-corrected chi connectivity index (χ0v) is 22.4. The molecule has 0 amide bonds. The Bertz CT molecular complexity index is 1860. The summed E-state index contributed by atoms with van der Waals surface area (Å²) < 4.78 is 0. The molecule has 0 aliphatic heterocycles. The Kier molecular flexibility index (Phi) is 5.56. The van der Waals surface area contributed by atoms with Crippen LogP contribution >= 0.6 is 0 Å². The van der Waals surface area contributed by atoms with Gasteiger partial charge in [-0.2, -0.15) is 5.10 Å². The van der Waals surface area contributed by atoms with Gasteiger partial charge >= 0.3 is 0 Å². The average Bonchev–Trinajstić information content (AvgIpc) is 3.23. The lowest BCUT2D eigenvalue weighted by molar-refractivity contribution is 0.660. The van der Waals surface area contributed by atoms with Gasteiger partial charge in [0.2, 0.25) is 0 Å². The summed E-state index contributed by atoms with van der Waals surface area (Å²) in [6.07, 6.45) is 5.57. The van der Waals surface area contributed by atoms with Crippen molar-refractivity contribution in [2.75, 3.05) is 5.43 Å². The molecule has 0 saturated heterocycles. The maximum absolute atomic E-state index is 8.98.